The number of rotatable bonds is 6. The van der Waals surface area contributed by atoms with Crippen LogP contribution in [0.4, 0.5) is 43.9 Å². The van der Waals surface area contributed by atoms with Crippen LogP contribution in [-0.4, -0.2) is 30.7 Å². The van der Waals surface area contributed by atoms with Crippen molar-refractivity contribution in [1.29, 1.82) is 0 Å². The average Bonchev–Trinajstić information content (AvgIpc) is 2.10. The van der Waals surface area contributed by atoms with Crippen LogP contribution in [0.2, 0.25) is 0 Å². The lowest BCUT2D eigenvalue weighted by Crippen LogP contribution is -2.39. The van der Waals surface area contributed by atoms with E-state index in [1.54, 1.807) is 0 Å². The highest BCUT2D eigenvalue weighted by molar-refractivity contribution is 14.1. The first kappa shape index (κ1) is 22.1. The zero-order valence-corrected chi connectivity index (χ0v) is 14.6. The van der Waals surface area contributed by atoms with Gasteiger partial charge in [0.25, 0.3) is 0 Å². The molecular weight excluding hydrogens is 572 g/mol. The maximum Gasteiger partial charge on any atom is 0.453 e. The summed E-state index contributed by atoms with van der Waals surface area (Å²) in [5.41, 5.74) is 0. The molecule has 0 aromatic carbocycles. The van der Waals surface area contributed by atoms with E-state index in [1.807, 2.05) is 0 Å². The summed E-state index contributed by atoms with van der Waals surface area (Å²) < 4.78 is 119. The van der Waals surface area contributed by atoms with Gasteiger partial charge in [0, 0.05) is 12.8 Å². The Bertz CT molecular complexity index is 307. The van der Waals surface area contributed by atoms with Crippen molar-refractivity contribution in [2.24, 2.45) is 0 Å². The number of thioether (sulfide) groups is 1. The molecule has 0 aliphatic heterocycles. The van der Waals surface area contributed by atoms with E-state index in [2.05, 4.69) is 0 Å². The molecule has 0 aromatic heterocycles. The molecule has 0 rings (SSSR count). The minimum Gasteiger partial charge on any atom is -0.196 e. The Morgan fingerprint density at radius 2 is 0.857 bits per heavy atom. The summed E-state index contributed by atoms with van der Waals surface area (Å²) in [7, 11) is 0. The molecule has 0 heterocycles. The lowest BCUT2D eigenvalue weighted by molar-refractivity contribution is -0.283. The molecule has 0 spiro atoms. The van der Waals surface area contributed by atoms with E-state index >= 15 is 0 Å². The highest BCUT2D eigenvalue weighted by Gasteiger charge is 2.59. The topological polar surface area (TPSA) is 0 Å². The smallest absolute Gasteiger partial charge is 0.196 e. The van der Waals surface area contributed by atoms with Crippen molar-refractivity contribution in [1.82, 2.24) is 0 Å². The first-order valence-corrected chi connectivity index (χ1v) is 8.26. The van der Waals surface area contributed by atoms with Crippen molar-refractivity contribution in [3.8, 4) is 0 Å². The van der Waals surface area contributed by atoms with Crippen LogP contribution in [0, 0.1) is 0 Å². The van der Waals surface area contributed by atoms with Crippen molar-refractivity contribution in [3.05, 3.63) is 0 Å². The van der Waals surface area contributed by atoms with E-state index in [9.17, 15) is 43.9 Å². The van der Waals surface area contributed by atoms with E-state index in [1.165, 1.54) is 0 Å². The van der Waals surface area contributed by atoms with Gasteiger partial charge >= 0.3 is 24.2 Å². The quantitative estimate of drug-likeness (QED) is 0.200. The number of halogens is 12. The van der Waals surface area contributed by atoms with Gasteiger partial charge in [-0.1, -0.05) is 45.2 Å². The van der Waals surface area contributed by atoms with Gasteiger partial charge in [-0.05, 0) is 0 Å². The van der Waals surface area contributed by atoms with Crippen LogP contribution < -0.4 is 0 Å². The van der Waals surface area contributed by atoms with E-state index in [-0.39, 0.29) is 11.8 Å². The largest absolute Gasteiger partial charge is 0.453 e. The molecule has 0 amide bonds. The van der Waals surface area contributed by atoms with E-state index in [4.69, 9.17) is 0 Å². The standard InChI is InChI=1S/C8H6F10I2S/c9-5(10,7(13,14)15)1-3(19)21-4(20)2-6(11,12)8(16,17)18/h3-4H,1-2H2. The third-order valence-corrected chi connectivity index (χ3v) is 5.52. The second-order valence-corrected chi connectivity index (χ2v) is 9.88. The molecule has 0 aromatic rings. The van der Waals surface area contributed by atoms with Gasteiger partial charge in [0.05, 0.1) is 6.51 Å². The molecule has 13 heteroatoms. The SMILES string of the molecule is FC(F)(F)C(F)(F)CC(I)SC(I)CC(F)(F)C(F)(F)F. The van der Waals surface area contributed by atoms with E-state index < -0.39 is 43.6 Å². The fourth-order valence-electron chi connectivity index (χ4n) is 0.891. The van der Waals surface area contributed by atoms with Crippen LogP contribution in [-0.2, 0) is 0 Å². The number of hydrogen-bond acceptors (Lipinski definition) is 1. The summed E-state index contributed by atoms with van der Waals surface area (Å²) in [6, 6.07) is 0. The maximum atomic E-state index is 12.7. The predicted octanol–water partition coefficient (Wildman–Crippen LogP) is 6.42. The average molecular weight is 578 g/mol. The second-order valence-electron chi connectivity index (χ2n) is 3.77. The summed E-state index contributed by atoms with van der Waals surface area (Å²) in [5.74, 6) is -10.1. The molecule has 0 fully saturated rings. The summed E-state index contributed by atoms with van der Waals surface area (Å²) in [6.45, 7) is 0. The van der Waals surface area contributed by atoms with Gasteiger partial charge in [0.15, 0.2) is 0 Å². The molecule has 0 saturated heterocycles. The normalized spacial score (nSPS) is 17.7. The van der Waals surface area contributed by atoms with Crippen molar-refractivity contribution in [2.75, 3.05) is 0 Å². The number of hydrogen-bond donors (Lipinski definition) is 0. The van der Waals surface area contributed by atoms with Gasteiger partial charge in [-0.3, -0.25) is 0 Å². The molecular formula is C8H6F10I2S. The first-order valence-electron chi connectivity index (χ1n) is 4.82. The minimum absolute atomic E-state index is 0.199. The Labute approximate surface area is 144 Å². The second kappa shape index (κ2) is 7.34. The fraction of sp³-hybridized carbons (Fsp3) is 1.00. The van der Waals surface area contributed by atoms with Crippen LogP contribution in [0.3, 0.4) is 0 Å². The molecule has 0 saturated carbocycles. The molecule has 0 bridgehead atoms. The summed E-state index contributed by atoms with van der Waals surface area (Å²) >= 11 is 2.49. The van der Waals surface area contributed by atoms with Crippen molar-refractivity contribution in [2.45, 2.75) is 43.6 Å². The predicted molar refractivity (Wildman–Crippen MR) is 74.4 cm³/mol. The van der Waals surface area contributed by atoms with Crippen LogP contribution in [0.5, 0.6) is 0 Å². The van der Waals surface area contributed by atoms with Crippen molar-refractivity contribution in [3.63, 3.8) is 0 Å². The highest BCUT2D eigenvalue weighted by atomic mass is 127. The highest BCUT2D eigenvalue weighted by Crippen LogP contribution is 2.47. The van der Waals surface area contributed by atoms with Gasteiger partial charge in [-0.15, -0.1) is 11.8 Å². The molecule has 0 aliphatic rings. The third kappa shape index (κ3) is 7.03. The summed E-state index contributed by atoms with van der Waals surface area (Å²) in [4.78, 5) is 0. The lowest BCUT2D eigenvalue weighted by Gasteiger charge is -2.25. The monoisotopic (exact) mass is 578 g/mol. The Balaban J connectivity index is 4.58. The fourth-order valence-corrected chi connectivity index (χ4v) is 6.74. The molecule has 0 N–H and O–H groups in total. The molecule has 2 atom stereocenters. The molecule has 2 unspecified atom stereocenters. The zero-order valence-electron chi connectivity index (χ0n) is 9.51. The Hall–Kier alpha value is 1.11. The minimum atomic E-state index is -5.80. The molecule has 0 nitrogen and oxygen atoms in total. The molecule has 0 radical (unpaired) electrons. The Morgan fingerprint density at radius 3 is 1.05 bits per heavy atom. The number of alkyl halides is 12. The Kier molecular flexibility index (Phi) is 7.73. The maximum absolute atomic E-state index is 12.7. The van der Waals surface area contributed by atoms with Gasteiger partial charge in [-0.25, -0.2) is 0 Å². The third-order valence-electron chi connectivity index (χ3n) is 1.96. The molecule has 128 valence electrons. The molecule has 21 heavy (non-hydrogen) atoms. The van der Waals surface area contributed by atoms with Gasteiger partial charge < -0.3 is 0 Å². The van der Waals surface area contributed by atoms with E-state index in [0.29, 0.717) is 0 Å². The van der Waals surface area contributed by atoms with Crippen LogP contribution in [0.1, 0.15) is 12.8 Å². The molecule has 0 aliphatic carbocycles. The zero-order chi connectivity index (χ0) is 17.3. The van der Waals surface area contributed by atoms with Gasteiger partial charge in [0.1, 0.15) is 0 Å². The van der Waals surface area contributed by atoms with Crippen LogP contribution >= 0.6 is 56.9 Å². The first-order chi connectivity index (χ1) is 8.99. The lowest BCUT2D eigenvalue weighted by atomic mass is 10.2. The Morgan fingerprint density at radius 1 is 0.619 bits per heavy atom. The van der Waals surface area contributed by atoms with Crippen molar-refractivity contribution >= 4 is 56.9 Å². The van der Waals surface area contributed by atoms with Gasteiger partial charge in [-0.2, -0.15) is 43.9 Å². The van der Waals surface area contributed by atoms with Crippen LogP contribution in [0.25, 0.3) is 0 Å². The van der Waals surface area contributed by atoms with Crippen molar-refractivity contribution < 1.29 is 43.9 Å². The summed E-state index contributed by atoms with van der Waals surface area (Å²) in [6.07, 6.45) is -15.0. The van der Waals surface area contributed by atoms with Crippen LogP contribution in [0.15, 0.2) is 0 Å². The van der Waals surface area contributed by atoms with Gasteiger partial charge in [0.2, 0.25) is 0 Å². The summed E-state index contributed by atoms with van der Waals surface area (Å²) in [5, 5.41) is 0. The van der Waals surface area contributed by atoms with E-state index in [0.717, 1.165) is 45.2 Å².